The van der Waals surface area contributed by atoms with E-state index in [4.69, 9.17) is 0 Å². The molecule has 2 nitrogen and oxygen atoms in total. The van der Waals surface area contributed by atoms with Gasteiger partial charge in [-0.3, -0.25) is 0 Å². The molecule has 64 valence electrons. The van der Waals surface area contributed by atoms with Crippen molar-refractivity contribution >= 4 is 15.9 Å². The van der Waals surface area contributed by atoms with Crippen LogP contribution in [-0.4, -0.2) is 11.5 Å². The highest BCUT2D eigenvalue weighted by atomic mass is 79.9. The van der Waals surface area contributed by atoms with E-state index in [0.717, 1.165) is 11.1 Å². The van der Waals surface area contributed by atoms with E-state index in [1.807, 2.05) is 6.20 Å². The Morgan fingerprint density at radius 3 is 2.92 bits per heavy atom. The molecule has 1 aromatic rings. The first kappa shape index (κ1) is 8.20. The molecule has 1 saturated heterocycles. The van der Waals surface area contributed by atoms with Crippen LogP contribution in [0.15, 0.2) is 16.9 Å². The molecule has 12 heavy (non-hydrogen) atoms. The van der Waals surface area contributed by atoms with E-state index in [0.29, 0.717) is 6.04 Å². The zero-order valence-corrected chi connectivity index (χ0v) is 8.56. The van der Waals surface area contributed by atoms with E-state index < -0.39 is 0 Å². The first-order valence-electron chi connectivity index (χ1n) is 4.13. The van der Waals surface area contributed by atoms with Crippen molar-refractivity contribution in [3.05, 3.63) is 28.0 Å². The maximum absolute atomic E-state index is 4.26. The standard InChI is InChI=1S/C9H11BrN2/c1-6-4-7(5-12-9(6)10)8-2-3-11-8/h4-5,8,11H,2-3H2,1H3. The van der Waals surface area contributed by atoms with Crippen LogP contribution < -0.4 is 5.32 Å². The molecule has 0 radical (unpaired) electrons. The molecule has 1 N–H and O–H groups in total. The number of aromatic nitrogens is 1. The molecular formula is C9H11BrN2. The van der Waals surface area contributed by atoms with Crippen LogP contribution >= 0.6 is 15.9 Å². The van der Waals surface area contributed by atoms with Gasteiger partial charge in [-0.25, -0.2) is 4.98 Å². The molecular weight excluding hydrogens is 216 g/mol. The van der Waals surface area contributed by atoms with Gasteiger partial charge < -0.3 is 5.32 Å². The van der Waals surface area contributed by atoms with E-state index in [1.165, 1.54) is 17.5 Å². The molecule has 0 spiro atoms. The fourth-order valence-electron chi connectivity index (χ4n) is 1.34. The van der Waals surface area contributed by atoms with Crippen LogP contribution in [0.2, 0.25) is 0 Å². The Hall–Kier alpha value is -0.410. The average Bonchev–Trinajstić information content (AvgIpc) is 1.93. The lowest BCUT2D eigenvalue weighted by Crippen LogP contribution is -2.35. The Morgan fingerprint density at radius 2 is 2.42 bits per heavy atom. The van der Waals surface area contributed by atoms with Gasteiger partial charge in [0.15, 0.2) is 0 Å². The third-order valence-electron chi connectivity index (χ3n) is 2.26. The zero-order valence-electron chi connectivity index (χ0n) is 6.97. The van der Waals surface area contributed by atoms with Crippen LogP contribution in [0.25, 0.3) is 0 Å². The summed E-state index contributed by atoms with van der Waals surface area (Å²) < 4.78 is 0.950. The Kier molecular flexibility index (Phi) is 2.15. The summed E-state index contributed by atoms with van der Waals surface area (Å²) in [6.07, 6.45) is 3.18. The fourth-order valence-corrected chi connectivity index (χ4v) is 1.56. The van der Waals surface area contributed by atoms with Gasteiger partial charge in [-0.2, -0.15) is 0 Å². The van der Waals surface area contributed by atoms with Crippen molar-refractivity contribution in [1.29, 1.82) is 0 Å². The Bertz CT molecular complexity index is 295. The summed E-state index contributed by atoms with van der Waals surface area (Å²) in [6.45, 7) is 3.21. The SMILES string of the molecule is Cc1cc(C2CCN2)cnc1Br. The number of nitrogens with zero attached hydrogens (tertiary/aromatic N) is 1. The van der Waals surface area contributed by atoms with Crippen LogP contribution in [0, 0.1) is 6.92 Å². The molecule has 1 fully saturated rings. The van der Waals surface area contributed by atoms with Crippen molar-refractivity contribution in [2.75, 3.05) is 6.54 Å². The van der Waals surface area contributed by atoms with Gasteiger partial charge in [0.2, 0.25) is 0 Å². The Balaban J connectivity index is 2.27. The van der Waals surface area contributed by atoms with Crippen molar-refractivity contribution in [3.63, 3.8) is 0 Å². The van der Waals surface area contributed by atoms with Crippen LogP contribution in [0.5, 0.6) is 0 Å². The minimum absolute atomic E-state index is 0.546. The van der Waals surface area contributed by atoms with E-state index in [-0.39, 0.29) is 0 Å². The Labute approximate surface area is 80.5 Å². The smallest absolute Gasteiger partial charge is 0.108 e. The van der Waals surface area contributed by atoms with Gasteiger partial charge in [-0.15, -0.1) is 0 Å². The van der Waals surface area contributed by atoms with E-state index in [1.54, 1.807) is 0 Å². The summed E-state index contributed by atoms with van der Waals surface area (Å²) in [4.78, 5) is 4.26. The third-order valence-corrected chi connectivity index (χ3v) is 3.09. The molecule has 2 heterocycles. The number of halogens is 1. The van der Waals surface area contributed by atoms with Crippen LogP contribution in [0.4, 0.5) is 0 Å². The number of hydrogen-bond acceptors (Lipinski definition) is 2. The quantitative estimate of drug-likeness (QED) is 0.744. The van der Waals surface area contributed by atoms with Crippen molar-refractivity contribution in [2.45, 2.75) is 19.4 Å². The highest BCUT2D eigenvalue weighted by Crippen LogP contribution is 2.24. The summed E-state index contributed by atoms with van der Waals surface area (Å²) >= 11 is 3.39. The van der Waals surface area contributed by atoms with Gasteiger partial charge >= 0.3 is 0 Å². The number of rotatable bonds is 1. The maximum Gasteiger partial charge on any atom is 0.108 e. The summed E-state index contributed by atoms with van der Waals surface area (Å²) in [7, 11) is 0. The minimum Gasteiger partial charge on any atom is -0.310 e. The molecule has 1 unspecified atom stereocenters. The van der Waals surface area contributed by atoms with Crippen LogP contribution in [0.1, 0.15) is 23.6 Å². The van der Waals surface area contributed by atoms with Gasteiger partial charge in [0, 0.05) is 12.2 Å². The third kappa shape index (κ3) is 1.39. The highest BCUT2D eigenvalue weighted by molar-refractivity contribution is 9.10. The lowest BCUT2D eigenvalue weighted by atomic mass is 9.99. The summed E-state index contributed by atoms with van der Waals surface area (Å²) in [6, 6.07) is 2.73. The number of nitrogens with one attached hydrogen (secondary N) is 1. The van der Waals surface area contributed by atoms with Gasteiger partial charge in [-0.05, 0) is 46.9 Å². The molecule has 1 aliphatic rings. The fraction of sp³-hybridized carbons (Fsp3) is 0.444. The van der Waals surface area contributed by atoms with Gasteiger partial charge in [0.05, 0.1) is 0 Å². The lowest BCUT2D eigenvalue weighted by Gasteiger charge is -2.27. The molecule has 0 aliphatic carbocycles. The molecule has 3 heteroatoms. The van der Waals surface area contributed by atoms with Gasteiger partial charge in [0.25, 0.3) is 0 Å². The maximum atomic E-state index is 4.26. The predicted octanol–water partition coefficient (Wildman–Crippen LogP) is 2.19. The average molecular weight is 227 g/mol. The summed E-state index contributed by atoms with van der Waals surface area (Å²) in [5, 5.41) is 3.35. The van der Waals surface area contributed by atoms with Gasteiger partial charge in [-0.1, -0.05) is 6.07 Å². The summed E-state index contributed by atoms with van der Waals surface area (Å²) in [5.41, 5.74) is 2.52. The molecule has 1 aromatic heterocycles. The molecule has 0 amide bonds. The second-order valence-electron chi connectivity index (χ2n) is 3.17. The molecule has 0 bridgehead atoms. The monoisotopic (exact) mass is 226 g/mol. The normalized spacial score (nSPS) is 22.0. The summed E-state index contributed by atoms with van der Waals surface area (Å²) in [5.74, 6) is 0. The molecule has 0 saturated carbocycles. The largest absolute Gasteiger partial charge is 0.310 e. The van der Waals surface area contributed by atoms with E-state index >= 15 is 0 Å². The van der Waals surface area contributed by atoms with Crippen molar-refractivity contribution in [3.8, 4) is 0 Å². The number of aryl methyl sites for hydroxylation is 1. The van der Waals surface area contributed by atoms with Crippen molar-refractivity contribution in [2.24, 2.45) is 0 Å². The second kappa shape index (κ2) is 3.15. The number of pyridine rings is 1. The van der Waals surface area contributed by atoms with Crippen molar-refractivity contribution in [1.82, 2.24) is 10.3 Å². The minimum atomic E-state index is 0.546. The lowest BCUT2D eigenvalue weighted by molar-refractivity contribution is 0.382. The van der Waals surface area contributed by atoms with E-state index in [2.05, 4.69) is 39.2 Å². The zero-order chi connectivity index (χ0) is 8.55. The highest BCUT2D eigenvalue weighted by Gasteiger charge is 2.18. The molecule has 1 atom stereocenters. The molecule has 0 aromatic carbocycles. The van der Waals surface area contributed by atoms with Crippen molar-refractivity contribution < 1.29 is 0 Å². The Morgan fingerprint density at radius 1 is 1.67 bits per heavy atom. The van der Waals surface area contributed by atoms with Gasteiger partial charge in [0.1, 0.15) is 4.60 Å². The van der Waals surface area contributed by atoms with Crippen LogP contribution in [0.3, 0.4) is 0 Å². The topological polar surface area (TPSA) is 24.9 Å². The molecule has 1 aliphatic heterocycles. The first-order chi connectivity index (χ1) is 5.77. The number of hydrogen-bond donors (Lipinski definition) is 1. The van der Waals surface area contributed by atoms with Crippen LogP contribution in [-0.2, 0) is 0 Å². The van der Waals surface area contributed by atoms with E-state index in [9.17, 15) is 0 Å². The molecule has 2 rings (SSSR count). The first-order valence-corrected chi connectivity index (χ1v) is 4.92. The predicted molar refractivity (Wildman–Crippen MR) is 52.0 cm³/mol. The second-order valence-corrected chi connectivity index (χ2v) is 3.92.